The summed E-state index contributed by atoms with van der Waals surface area (Å²) in [4.78, 5) is 33.8. The maximum absolute atomic E-state index is 13.7. The molecule has 1 aromatic heterocycles. The Labute approximate surface area is 167 Å². The number of aromatic nitrogens is 2. The Kier molecular flexibility index (Phi) is 6.01. The molecule has 0 bridgehead atoms. The Hall–Kier alpha value is -2.13. The van der Waals surface area contributed by atoms with E-state index in [4.69, 9.17) is 11.6 Å². The molecule has 1 saturated carbocycles. The second-order valence-corrected chi connectivity index (χ2v) is 7.39. The highest BCUT2D eigenvalue weighted by atomic mass is 79.9. The molecule has 142 valence electrons. The summed E-state index contributed by atoms with van der Waals surface area (Å²) in [6.45, 7) is -0.279. The average molecular weight is 460 g/mol. The fraction of sp³-hybridized carbons (Fsp3) is 0.294. The molecule has 6 nitrogen and oxygen atoms in total. The van der Waals surface area contributed by atoms with Crippen LogP contribution in [0.5, 0.6) is 0 Å². The van der Waals surface area contributed by atoms with Crippen molar-refractivity contribution in [3.8, 4) is 0 Å². The maximum Gasteiger partial charge on any atom is 0.254 e. The van der Waals surface area contributed by atoms with E-state index in [1.807, 2.05) is 0 Å². The lowest BCUT2D eigenvalue weighted by Crippen LogP contribution is -2.39. The van der Waals surface area contributed by atoms with Gasteiger partial charge in [-0.3, -0.25) is 14.9 Å². The number of nitrogens with zero attached hydrogens (tertiary/aromatic N) is 3. The summed E-state index contributed by atoms with van der Waals surface area (Å²) in [6, 6.07) is 3.90. The van der Waals surface area contributed by atoms with E-state index in [1.165, 1.54) is 29.4 Å². The number of anilines is 1. The van der Waals surface area contributed by atoms with Crippen molar-refractivity contribution in [1.82, 2.24) is 14.9 Å². The summed E-state index contributed by atoms with van der Waals surface area (Å²) in [5.74, 6) is -2.02. The highest BCUT2D eigenvalue weighted by Crippen LogP contribution is 2.34. The fourth-order valence-electron chi connectivity index (χ4n) is 2.43. The zero-order chi connectivity index (χ0) is 19.6. The summed E-state index contributed by atoms with van der Waals surface area (Å²) in [5, 5.41) is 2.75. The van der Waals surface area contributed by atoms with Gasteiger partial charge in [-0.05, 0) is 40.5 Å². The summed E-state index contributed by atoms with van der Waals surface area (Å²) in [7, 11) is 0. The highest BCUT2D eigenvalue weighted by molar-refractivity contribution is 9.10. The van der Waals surface area contributed by atoms with Crippen molar-refractivity contribution in [2.24, 2.45) is 5.92 Å². The van der Waals surface area contributed by atoms with E-state index in [1.54, 1.807) is 0 Å². The molecule has 0 spiro atoms. The molecule has 1 heterocycles. The minimum Gasteiger partial charge on any atom is -0.329 e. The number of carbonyl (C=O) groups excluding carboxylic acids is 2. The third-order valence-electron chi connectivity index (χ3n) is 3.95. The van der Waals surface area contributed by atoms with Gasteiger partial charge in [0, 0.05) is 18.0 Å². The van der Waals surface area contributed by atoms with Gasteiger partial charge in [-0.2, -0.15) is 0 Å². The molecule has 1 N–H and O–H groups in total. The van der Waals surface area contributed by atoms with E-state index in [0.717, 1.165) is 6.07 Å². The molecule has 0 unspecified atom stereocenters. The molecule has 2 atom stereocenters. The van der Waals surface area contributed by atoms with Crippen molar-refractivity contribution in [2.45, 2.75) is 12.6 Å². The molecule has 10 heteroatoms. The van der Waals surface area contributed by atoms with E-state index in [9.17, 15) is 18.4 Å². The number of hydrogen-bond donors (Lipinski definition) is 1. The minimum atomic E-state index is -0.996. The first kappa shape index (κ1) is 19.6. The predicted octanol–water partition coefficient (Wildman–Crippen LogP) is 3.47. The van der Waals surface area contributed by atoms with Crippen LogP contribution >= 0.6 is 27.5 Å². The van der Waals surface area contributed by atoms with Crippen LogP contribution in [0, 0.1) is 11.7 Å². The standard InChI is InChI=1S/C17H14BrClF2N4O2/c18-12-2-1-9(3-14(12)21)16(27)25(7-10-4-13(10)20)8-15(26)24-17-22-5-11(19)6-23-17/h1-3,5-6,10,13H,4,7-8H2,(H,22,23,24,26)/t10-,13-/m0/s1. The van der Waals surface area contributed by atoms with E-state index < -0.39 is 23.8 Å². The number of carbonyl (C=O) groups is 2. The zero-order valence-corrected chi connectivity index (χ0v) is 16.2. The summed E-state index contributed by atoms with van der Waals surface area (Å²) in [6.07, 6.45) is 1.97. The van der Waals surface area contributed by atoms with Crippen molar-refractivity contribution >= 4 is 45.3 Å². The normalized spacial score (nSPS) is 18.1. The molecule has 27 heavy (non-hydrogen) atoms. The Balaban J connectivity index is 1.72. The van der Waals surface area contributed by atoms with Crippen LogP contribution in [0.4, 0.5) is 14.7 Å². The largest absolute Gasteiger partial charge is 0.329 e. The number of benzene rings is 1. The third kappa shape index (κ3) is 5.20. The summed E-state index contributed by atoms with van der Waals surface area (Å²) >= 11 is 8.70. The van der Waals surface area contributed by atoms with Crippen LogP contribution < -0.4 is 5.32 Å². The monoisotopic (exact) mass is 458 g/mol. The van der Waals surface area contributed by atoms with Crippen LogP contribution in [-0.4, -0.2) is 45.9 Å². The molecule has 2 aromatic rings. The zero-order valence-electron chi connectivity index (χ0n) is 13.8. The van der Waals surface area contributed by atoms with Crippen LogP contribution in [-0.2, 0) is 4.79 Å². The molecular formula is C17H14BrClF2N4O2. The average Bonchev–Trinajstić information content (AvgIpc) is 3.33. The predicted molar refractivity (Wildman–Crippen MR) is 98.7 cm³/mol. The lowest BCUT2D eigenvalue weighted by molar-refractivity contribution is -0.117. The Bertz CT molecular complexity index is 869. The second kappa shape index (κ2) is 8.26. The summed E-state index contributed by atoms with van der Waals surface area (Å²) in [5.41, 5.74) is 0.0716. The first-order valence-corrected chi connectivity index (χ1v) is 9.16. The molecule has 0 aliphatic heterocycles. The Morgan fingerprint density at radius 2 is 2.00 bits per heavy atom. The number of alkyl halides is 1. The van der Waals surface area contributed by atoms with Crippen molar-refractivity contribution in [1.29, 1.82) is 0 Å². The molecule has 1 aliphatic rings. The Morgan fingerprint density at radius 3 is 2.59 bits per heavy atom. The highest BCUT2D eigenvalue weighted by Gasteiger charge is 2.40. The van der Waals surface area contributed by atoms with Gasteiger partial charge in [0.25, 0.3) is 5.91 Å². The Morgan fingerprint density at radius 1 is 1.33 bits per heavy atom. The van der Waals surface area contributed by atoms with Crippen LogP contribution in [0.3, 0.4) is 0 Å². The van der Waals surface area contributed by atoms with E-state index in [-0.39, 0.29) is 35.0 Å². The lowest BCUT2D eigenvalue weighted by atomic mass is 10.2. The van der Waals surface area contributed by atoms with Crippen molar-refractivity contribution in [3.63, 3.8) is 0 Å². The molecule has 1 fully saturated rings. The minimum absolute atomic E-state index is 0.0290. The van der Waals surface area contributed by atoms with E-state index in [0.29, 0.717) is 11.4 Å². The van der Waals surface area contributed by atoms with E-state index in [2.05, 4.69) is 31.2 Å². The molecule has 2 amide bonds. The molecule has 3 rings (SSSR count). The van der Waals surface area contributed by atoms with Crippen LogP contribution in [0.1, 0.15) is 16.8 Å². The number of hydrogen-bond acceptors (Lipinski definition) is 4. The summed E-state index contributed by atoms with van der Waals surface area (Å²) < 4.78 is 27.3. The van der Waals surface area contributed by atoms with Crippen molar-refractivity contribution < 1.29 is 18.4 Å². The molecular weight excluding hydrogens is 446 g/mol. The van der Waals surface area contributed by atoms with Gasteiger partial charge in [0.15, 0.2) is 0 Å². The van der Waals surface area contributed by atoms with Gasteiger partial charge in [0.2, 0.25) is 11.9 Å². The number of amides is 2. The second-order valence-electron chi connectivity index (χ2n) is 6.10. The van der Waals surface area contributed by atoms with Crippen LogP contribution in [0.2, 0.25) is 5.02 Å². The van der Waals surface area contributed by atoms with Gasteiger partial charge in [-0.1, -0.05) is 11.6 Å². The first-order valence-electron chi connectivity index (χ1n) is 7.99. The third-order valence-corrected chi connectivity index (χ3v) is 4.79. The lowest BCUT2D eigenvalue weighted by Gasteiger charge is -2.22. The number of rotatable bonds is 6. The van der Waals surface area contributed by atoms with Gasteiger partial charge in [0.05, 0.1) is 21.9 Å². The fourth-order valence-corrected chi connectivity index (χ4v) is 2.77. The molecule has 1 aromatic carbocycles. The van der Waals surface area contributed by atoms with Gasteiger partial charge in [0.1, 0.15) is 18.5 Å². The SMILES string of the molecule is O=C(CN(C[C@@H]1C[C@@H]1F)C(=O)c1ccc(Br)c(F)c1)Nc1ncc(Cl)cn1. The molecule has 1 aliphatic carbocycles. The quantitative estimate of drug-likeness (QED) is 0.718. The van der Waals surface area contributed by atoms with Gasteiger partial charge >= 0.3 is 0 Å². The van der Waals surface area contributed by atoms with Crippen LogP contribution in [0.25, 0.3) is 0 Å². The molecule has 0 saturated heterocycles. The number of halogens is 4. The molecule has 0 radical (unpaired) electrons. The number of nitrogens with one attached hydrogen (secondary N) is 1. The van der Waals surface area contributed by atoms with Crippen LogP contribution in [0.15, 0.2) is 35.1 Å². The van der Waals surface area contributed by atoms with E-state index >= 15 is 0 Å². The van der Waals surface area contributed by atoms with Gasteiger partial charge in [-0.25, -0.2) is 18.7 Å². The van der Waals surface area contributed by atoms with Gasteiger partial charge < -0.3 is 4.90 Å². The smallest absolute Gasteiger partial charge is 0.254 e. The van der Waals surface area contributed by atoms with Gasteiger partial charge in [-0.15, -0.1) is 0 Å². The van der Waals surface area contributed by atoms with Crippen molar-refractivity contribution in [3.05, 3.63) is 51.5 Å². The first-order chi connectivity index (χ1) is 12.8. The maximum atomic E-state index is 13.7. The topological polar surface area (TPSA) is 75.2 Å². The van der Waals surface area contributed by atoms with Crippen molar-refractivity contribution in [2.75, 3.05) is 18.4 Å².